The zero-order valence-electron chi connectivity index (χ0n) is 21.5. The Morgan fingerprint density at radius 3 is 1.61 bits per heavy atom. The van der Waals surface area contributed by atoms with Crippen molar-refractivity contribution in [2.75, 3.05) is 13.7 Å². The SMILES string of the molecule is C=CCO[C@H]1O[C@H](C(=O)OC)[C@@H](OCc2ccccc2)[C@H](OCc2ccccc2)[C@@H]1OCc1ccccc1. The molecular weight excluding hydrogens is 484 g/mol. The van der Waals surface area contributed by atoms with Crippen LogP contribution in [0.5, 0.6) is 0 Å². The van der Waals surface area contributed by atoms with Gasteiger partial charge < -0.3 is 28.4 Å². The van der Waals surface area contributed by atoms with Crippen molar-refractivity contribution in [3.8, 4) is 0 Å². The highest BCUT2D eigenvalue weighted by Crippen LogP contribution is 2.31. The van der Waals surface area contributed by atoms with E-state index in [-0.39, 0.29) is 19.8 Å². The van der Waals surface area contributed by atoms with Gasteiger partial charge in [-0.3, -0.25) is 0 Å². The minimum atomic E-state index is -1.09. The third-order valence-electron chi connectivity index (χ3n) is 6.16. The van der Waals surface area contributed by atoms with Crippen molar-refractivity contribution >= 4 is 5.97 Å². The van der Waals surface area contributed by atoms with Crippen LogP contribution < -0.4 is 0 Å². The molecule has 0 aliphatic carbocycles. The van der Waals surface area contributed by atoms with E-state index in [1.165, 1.54) is 7.11 Å². The van der Waals surface area contributed by atoms with Gasteiger partial charge in [0.1, 0.15) is 18.3 Å². The second-order valence-corrected chi connectivity index (χ2v) is 8.85. The topological polar surface area (TPSA) is 72.5 Å². The molecule has 38 heavy (non-hydrogen) atoms. The zero-order valence-corrected chi connectivity index (χ0v) is 21.5. The van der Waals surface area contributed by atoms with Gasteiger partial charge >= 0.3 is 5.97 Å². The third-order valence-corrected chi connectivity index (χ3v) is 6.16. The average Bonchev–Trinajstić information content (AvgIpc) is 2.98. The first-order valence-electron chi connectivity index (χ1n) is 12.6. The van der Waals surface area contributed by atoms with Crippen molar-refractivity contribution in [2.24, 2.45) is 0 Å². The van der Waals surface area contributed by atoms with E-state index in [0.717, 1.165) is 16.7 Å². The molecule has 200 valence electrons. The number of carbonyl (C=O) groups is 1. The fraction of sp³-hybridized carbons (Fsp3) is 0.323. The van der Waals surface area contributed by atoms with Crippen LogP contribution in [0.2, 0.25) is 0 Å². The molecule has 3 aromatic carbocycles. The maximum absolute atomic E-state index is 12.9. The molecule has 0 radical (unpaired) electrons. The molecule has 0 bridgehead atoms. The molecule has 1 heterocycles. The first kappa shape index (κ1) is 27.7. The molecule has 3 aromatic rings. The van der Waals surface area contributed by atoms with Crippen molar-refractivity contribution in [1.29, 1.82) is 0 Å². The summed E-state index contributed by atoms with van der Waals surface area (Å²) < 4.78 is 36.4. The Hall–Kier alpha value is -3.33. The van der Waals surface area contributed by atoms with Gasteiger partial charge in [0, 0.05) is 0 Å². The van der Waals surface area contributed by atoms with Crippen LogP contribution in [0.3, 0.4) is 0 Å². The summed E-state index contributed by atoms with van der Waals surface area (Å²) in [5, 5.41) is 0. The molecule has 1 fully saturated rings. The minimum absolute atomic E-state index is 0.199. The lowest BCUT2D eigenvalue weighted by atomic mass is 9.97. The number of ether oxygens (including phenoxy) is 6. The quantitative estimate of drug-likeness (QED) is 0.237. The van der Waals surface area contributed by atoms with Gasteiger partial charge in [0.25, 0.3) is 0 Å². The molecule has 0 aromatic heterocycles. The highest BCUT2D eigenvalue weighted by molar-refractivity contribution is 5.75. The number of esters is 1. The Bertz CT molecular complexity index is 1110. The minimum Gasteiger partial charge on any atom is -0.467 e. The van der Waals surface area contributed by atoms with Crippen LogP contribution in [-0.4, -0.2) is 50.4 Å². The van der Waals surface area contributed by atoms with Crippen LogP contribution >= 0.6 is 0 Å². The lowest BCUT2D eigenvalue weighted by molar-refractivity contribution is -0.318. The van der Waals surface area contributed by atoms with E-state index in [2.05, 4.69) is 6.58 Å². The fourth-order valence-corrected chi connectivity index (χ4v) is 4.26. The van der Waals surface area contributed by atoms with E-state index >= 15 is 0 Å². The molecule has 4 rings (SSSR count). The van der Waals surface area contributed by atoms with Crippen LogP contribution in [-0.2, 0) is 53.0 Å². The first-order chi connectivity index (χ1) is 18.7. The van der Waals surface area contributed by atoms with Crippen LogP contribution in [0.4, 0.5) is 0 Å². The zero-order chi connectivity index (χ0) is 26.6. The Morgan fingerprint density at radius 1 is 0.711 bits per heavy atom. The number of hydrogen-bond acceptors (Lipinski definition) is 7. The van der Waals surface area contributed by atoms with Gasteiger partial charge in [0.05, 0.1) is 33.5 Å². The molecule has 0 saturated carbocycles. The molecule has 1 aliphatic rings. The smallest absolute Gasteiger partial charge is 0.337 e. The van der Waals surface area contributed by atoms with E-state index in [1.807, 2.05) is 91.0 Å². The Morgan fingerprint density at radius 2 is 1.16 bits per heavy atom. The van der Waals surface area contributed by atoms with Crippen LogP contribution in [0.15, 0.2) is 104 Å². The summed E-state index contributed by atoms with van der Waals surface area (Å²) in [5.41, 5.74) is 2.90. The number of rotatable bonds is 13. The Balaban J connectivity index is 1.65. The molecule has 0 spiro atoms. The largest absolute Gasteiger partial charge is 0.467 e. The number of methoxy groups -OCH3 is 1. The Labute approximate surface area is 223 Å². The van der Waals surface area contributed by atoms with Gasteiger partial charge in [-0.15, -0.1) is 6.58 Å². The number of benzene rings is 3. The third kappa shape index (κ3) is 7.60. The molecule has 7 nitrogen and oxygen atoms in total. The highest BCUT2D eigenvalue weighted by Gasteiger charge is 2.52. The first-order valence-corrected chi connectivity index (χ1v) is 12.6. The molecule has 1 saturated heterocycles. The number of carbonyl (C=O) groups excluding carboxylic acids is 1. The van der Waals surface area contributed by atoms with Crippen molar-refractivity contribution < 1.29 is 33.2 Å². The summed E-state index contributed by atoms with van der Waals surface area (Å²) in [4.78, 5) is 12.9. The van der Waals surface area contributed by atoms with Crippen molar-refractivity contribution in [3.63, 3.8) is 0 Å². The van der Waals surface area contributed by atoms with Crippen molar-refractivity contribution in [2.45, 2.75) is 50.5 Å². The summed E-state index contributed by atoms with van der Waals surface area (Å²) in [7, 11) is 1.32. The highest BCUT2D eigenvalue weighted by atomic mass is 16.7. The maximum atomic E-state index is 12.9. The summed E-state index contributed by atoms with van der Waals surface area (Å²) in [5.74, 6) is -0.579. The predicted octanol–water partition coefficient (Wildman–Crippen LogP) is 4.84. The molecule has 0 amide bonds. The van der Waals surface area contributed by atoms with Gasteiger partial charge in [-0.05, 0) is 16.7 Å². The molecule has 5 atom stereocenters. The lowest BCUT2D eigenvalue weighted by Gasteiger charge is -2.44. The molecular formula is C31H34O7. The van der Waals surface area contributed by atoms with Crippen LogP contribution in [0, 0.1) is 0 Å². The number of hydrogen-bond donors (Lipinski definition) is 0. The summed E-state index contributed by atoms with van der Waals surface area (Å²) in [6, 6.07) is 29.3. The Kier molecular flexibility index (Phi) is 10.6. The van der Waals surface area contributed by atoms with E-state index in [1.54, 1.807) is 6.08 Å². The lowest BCUT2D eigenvalue weighted by Crippen LogP contribution is -2.62. The van der Waals surface area contributed by atoms with Gasteiger partial charge in [-0.2, -0.15) is 0 Å². The summed E-state index contributed by atoms with van der Waals surface area (Å²) in [6.07, 6.45) is -2.64. The van der Waals surface area contributed by atoms with Gasteiger partial charge in [0.2, 0.25) is 0 Å². The summed E-state index contributed by atoms with van der Waals surface area (Å²) in [6.45, 7) is 4.76. The van der Waals surface area contributed by atoms with E-state index in [9.17, 15) is 4.79 Å². The fourth-order valence-electron chi connectivity index (χ4n) is 4.26. The predicted molar refractivity (Wildman–Crippen MR) is 142 cm³/mol. The average molecular weight is 519 g/mol. The van der Waals surface area contributed by atoms with Crippen LogP contribution in [0.1, 0.15) is 16.7 Å². The second kappa shape index (κ2) is 14.6. The van der Waals surface area contributed by atoms with Gasteiger partial charge in [0.15, 0.2) is 12.4 Å². The molecule has 7 heteroatoms. The second-order valence-electron chi connectivity index (χ2n) is 8.85. The molecule has 0 N–H and O–H groups in total. The molecule has 0 unspecified atom stereocenters. The van der Waals surface area contributed by atoms with Crippen LogP contribution in [0.25, 0.3) is 0 Å². The van der Waals surface area contributed by atoms with Gasteiger partial charge in [-0.1, -0.05) is 97.1 Å². The van der Waals surface area contributed by atoms with E-state index in [4.69, 9.17) is 28.4 Å². The monoisotopic (exact) mass is 518 g/mol. The summed E-state index contributed by atoms with van der Waals surface area (Å²) >= 11 is 0. The standard InChI is InChI=1S/C31H34O7/c1-3-19-34-31-29(37-22-25-17-11-6-12-18-25)27(36-21-24-15-9-5-10-16-24)26(28(38-31)30(32)33-2)35-20-23-13-7-4-8-14-23/h3-18,26-29,31H,1,19-22H2,2H3/t26-,27-,28-,29-,31-/m0/s1. The van der Waals surface area contributed by atoms with E-state index < -0.39 is 36.7 Å². The van der Waals surface area contributed by atoms with Crippen molar-refractivity contribution in [1.82, 2.24) is 0 Å². The van der Waals surface area contributed by atoms with Gasteiger partial charge in [-0.25, -0.2) is 4.79 Å². The molecule has 1 aliphatic heterocycles. The van der Waals surface area contributed by atoms with Crippen molar-refractivity contribution in [3.05, 3.63) is 120 Å². The van der Waals surface area contributed by atoms with E-state index in [0.29, 0.717) is 6.61 Å². The maximum Gasteiger partial charge on any atom is 0.337 e. The normalized spacial score (nSPS) is 23.0.